The summed E-state index contributed by atoms with van der Waals surface area (Å²) >= 11 is 0. The Kier molecular flexibility index (Phi) is 3.33. The highest BCUT2D eigenvalue weighted by atomic mass is 14.0. The van der Waals surface area contributed by atoms with Crippen molar-refractivity contribution in [3.8, 4) is 0 Å². The van der Waals surface area contributed by atoms with Crippen LogP contribution in [0.2, 0.25) is 0 Å². The van der Waals surface area contributed by atoms with E-state index in [0.717, 1.165) is 19.3 Å². The van der Waals surface area contributed by atoms with Crippen LogP contribution in [-0.2, 0) is 19.3 Å². The molecule has 0 nitrogen and oxygen atoms in total. The molecule has 0 unspecified atom stereocenters. The Balaban J connectivity index is 3.02. The first kappa shape index (κ1) is 9.31. The molecule has 0 fully saturated rings. The fraction of sp³-hybridized carbons (Fsp3) is 0.417. The lowest BCUT2D eigenvalue weighted by atomic mass is 9.99. The predicted molar refractivity (Wildman–Crippen MR) is 54.3 cm³/mol. The van der Waals surface area contributed by atoms with E-state index < -0.39 is 0 Å². The third-order valence-electron chi connectivity index (χ3n) is 2.32. The predicted octanol–water partition coefficient (Wildman–Crippen LogP) is 3.19. The highest BCUT2D eigenvalue weighted by Crippen LogP contribution is 2.13. The summed E-state index contributed by atoms with van der Waals surface area (Å²) in [5.41, 5.74) is 4.32. The molecule has 0 aliphatic rings. The molecule has 0 aliphatic carbocycles. The van der Waals surface area contributed by atoms with E-state index in [1.54, 1.807) is 0 Å². The number of rotatable bonds is 3. The van der Waals surface area contributed by atoms with Crippen LogP contribution < -0.4 is 0 Å². The molecule has 0 saturated heterocycles. The van der Waals surface area contributed by atoms with Crippen molar-refractivity contribution in [2.24, 2.45) is 0 Å². The Morgan fingerprint density at radius 3 is 2.25 bits per heavy atom. The highest BCUT2D eigenvalue weighted by molar-refractivity contribution is 5.32. The zero-order valence-corrected chi connectivity index (χ0v) is 8.06. The van der Waals surface area contributed by atoms with Gasteiger partial charge in [0.25, 0.3) is 0 Å². The zero-order chi connectivity index (χ0) is 8.97. The second-order valence-electron chi connectivity index (χ2n) is 3.06. The van der Waals surface area contributed by atoms with Crippen molar-refractivity contribution >= 4 is 0 Å². The summed E-state index contributed by atoms with van der Waals surface area (Å²) in [5.74, 6) is 0. The Hall–Kier alpha value is -0.780. The van der Waals surface area contributed by atoms with E-state index in [1.807, 2.05) is 0 Å². The van der Waals surface area contributed by atoms with Crippen LogP contribution in [0.4, 0.5) is 0 Å². The van der Waals surface area contributed by atoms with Crippen molar-refractivity contribution in [2.45, 2.75) is 33.1 Å². The van der Waals surface area contributed by atoms with Crippen LogP contribution in [0.1, 0.15) is 30.5 Å². The van der Waals surface area contributed by atoms with Crippen LogP contribution in [0.3, 0.4) is 0 Å². The zero-order valence-electron chi connectivity index (χ0n) is 8.06. The lowest BCUT2D eigenvalue weighted by Gasteiger charge is -2.07. The molecule has 65 valence electrons. The minimum atomic E-state index is 0.900. The molecule has 0 spiro atoms. The van der Waals surface area contributed by atoms with Crippen molar-refractivity contribution in [3.05, 3.63) is 41.8 Å². The van der Waals surface area contributed by atoms with Crippen molar-refractivity contribution in [1.82, 2.24) is 0 Å². The van der Waals surface area contributed by atoms with Crippen LogP contribution >= 0.6 is 0 Å². The average Bonchev–Trinajstić information content (AvgIpc) is 2.16. The molecule has 0 saturated carbocycles. The molecule has 0 heterocycles. The molecule has 0 N–H and O–H groups in total. The maximum Gasteiger partial charge on any atom is -0.0279 e. The molecule has 0 bridgehead atoms. The van der Waals surface area contributed by atoms with Crippen LogP contribution in [0.5, 0.6) is 0 Å². The largest absolute Gasteiger partial charge is 0.0613 e. The maximum atomic E-state index is 3.89. The fourth-order valence-electron chi connectivity index (χ4n) is 1.51. The van der Waals surface area contributed by atoms with Gasteiger partial charge in [-0.1, -0.05) is 32.0 Å². The Morgan fingerprint density at radius 1 is 1.08 bits per heavy atom. The van der Waals surface area contributed by atoms with Gasteiger partial charge >= 0.3 is 0 Å². The molecule has 1 aromatic carbocycles. The summed E-state index contributed by atoms with van der Waals surface area (Å²) in [6.45, 7) is 8.30. The van der Waals surface area contributed by atoms with Gasteiger partial charge in [0.15, 0.2) is 0 Å². The number of hydrogen-bond acceptors (Lipinski definition) is 0. The molecule has 0 aliphatic heterocycles. The van der Waals surface area contributed by atoms with E-state index in [1.165, 1.54) is 16.7 Å². The maximum absolute atomic E-state index is 3.89. The third kappa shape index (κ3) is 1.88. The van der Waals surface area contributed by atoms with Gasteiger partial charge in [0, 0.05) is 0 Å². The molecule has 0 amide bonds. The molecule has 0 heteroatoms. The van der Waals surface area contributed by atoms with Crippen LogP contribution in [-0.4, -0.2) is 0 Å². The van der Waals surface area contributed by atoms with Crippen LogP contribution in [0, 0.1) is 6.92 Å². The quantitative estimate of drug-likeness (QED) is 0.638. The Morgan fingerprint density at radius 2 is 1.75 bits per heavy atom. The monoisotopic (exact) mass is 161 g/mol. The molecule has 1 aromatic rings. The van der Waals surface area contributed by atoms with E-state index in [-0.39, 0.29) is 0 Å². The van der Waals surface area contributed by atoms with Crippen molar-refractivity contribution in [1.29, 1.82) is 0 Å². The molecular weight excluding hydrogens is 144 g/mol. The second kappa shape index (κ2) is 4.30. The minimum Gasteiger partial charge on any atom is -0.0613 e. The van der Waals surface area contributed by atoms with Gasteiger partial charge in [-0.15, -0.1) is 0 Å². The van der Waals surface area contributed by atoms with Gasteiger partial charge in [-0.3, -0.25) is 0 Å². The van der Waals surface area contributed by atoms with Crippen molar-refractivity contribution in [3.63, 3.8) is 0 Å². The molecule has 1 radical (unpaired) electrons. The minimum absolute atomic E-state index is 0.900. The van der Waals surface area contributed by atoms with Gasteiger partial charge in [0.05, 0.1) is 0 Å². The van der Waals surface area contributed by atoms with Gasteiger partial charge in [-0.25, -0.2) is 0 Å². The second-order valence-corrected chi connectivity index (χ2v) is 3.06. The first-order chi connectivity index (χ1) is 5.81. The van der Waals surface area contributed by atoms with E-state index in [0.29, 0.717) is 0 Å². The summed E-state index contributed by atoms with van der Waals surface area (Å²) in [4.78, 5) is 0. The Labute approximate surface area is 75.6 Å². The number of aryl methyl sites for hydroxylation is 2. The third-order valence-corrected chi connectivity index (χ3v) is 2.32. The molecule has 0 aromatic heterocycles. The van der Waals surface area contributed by atoms with Gasteiger partial charge in [-0.2, -0.15) is 0 Å². The van der Waals surface area contributed by atoms with Gasteiger partial charge < -0.3 is 0 Å². The molecule has 12 heavy (non-hydrogen) atoms. The summed E-state index contributed by atoms with van der Waals surface area (Å²) < 4.78 is 0. The average molecular weight is 161 g/mol. The molecule has 0 atom stereocenters. The summed E-state index contributed by atoms with van der Waals surface area (Å²) in [5, 5.41) is 0. The number of benzene rings is 1. The van der Waals surface area contributed by atoms with Gasteiger partial charge in [0.1, 0.15) is 0 Å². The van der Waals surface area contributed by atoms with E-state index in [9.17, 15) is 0 Å². The van der Waals surface area contributed by atoms with E-state index in [4.69, 9.17) is 0 Å². The summed E-state index contributed by atoms with van der Waals surface area (Å²) in [7, 11) is 0. The van der Waals surface area contributed by atoms with E-state index in [2.05, 4.69) is 39.0 Å². The first-order valence-corrected chi connectivity index (χ1v) is 4.71. The van der Waals surface area contributed by atoms with Crippen LogP contribution in [0.25, 0.3) is 0 Å². The smallest absolute Gasteiger partial charge is 0.0279 e. The molecule has 1 rings (SSSR count). The first-order valence-electron chi connectivity index (χ1n) is 4.71. The lowest BCUT2D eigenvalue weighted by molar-refractivity contribution is 1.03. The standard InChI is InChI=1S/C12H17/c1-4-10-7-8-11(5-2)12(6-3)9-10/h7-9H,1,4-6H2,2-3H3. The SMILES string of the molecule is [CH2]Cc1ccc(CC)c(CC)c1. The van der Waals surface area contributed by atoms with Crippen molar-refractivity contribution in [2.75, 3.05) is 0 Å². The van der Waals surface area contributed by atoms with E-state index >= 15 is 0 Å². The fourth-order valence-corrected chi connectivity index (χ4v) is 1.51. The van der Waals surface area contributed by atoms with Crippen molar-refractivity contribution < 1.29 is 0 Å². The lowest BCUT2D eigenvalue weighted by Crippen LogP contribution is -1.92. The highest BCUT2D eigenvalue weighted by Gasteiger charge is 1.98. The summed E-state index contributed by atoms with van der Waals surface area (Å²) in [6, 6.07) is 6.70. The van der Waals surface area contributed by atoms with Gasteiger partial charge in [-0.05, 0) is 42.9 Å². The Bertz CT molecular complexity index is 248. The van der Waals surface area contributed by atoms with Gasteiger partial charge in [0.2, 0.25) is 0 Å². The number of hydrogen-bond donors (Lipinski definition) is 0. The van der Waals surface area contributed by atoms with Crippen LogP contribution in [0.15, 0.2) is 18.2 Å². The summed E-state index contributed by atoms with van der Waals surface area (Å²) in [6.07, 6.45) is 3.18. The normalized spacial score (nSPS) is 10.2. The molecular formula is C12H17. The topological polar surface area (TPSA) is 0 Å².